The number of sulfonamides is 1. The van der Waals surface area contributed by atoms with Gasteiger partial charge in [0.05, 0.1) is 18.0 Å². The number of hydrogen-bond donors (Lipinski definition) is 1. The van der Waals surface area contributed by atoms with Crippen molar-refractivity contribution in [2.45, 2.75) is 65.1 Å². The lowest BCUT2D eigenvalue weighted by Gasteiger charge is -2.44. The monoisotopic (exact) mass is 359 g/mol. The van der Waals surface area contributed by atoms with Gasteiger partial charge in [-0.25, -0.2) is 12.7 Å². The SMILES string of the molecule is CCC(C)CN1C(=O)C(C(C)CC)NC12CCN(S(C)(=O)=O)CC2. The second kappa shape index (κ2) is 7.30. The number of carbonyl (C=O) groups excluding carboxylic acids is 1. The fourth-order valence-corrected chi connectivity index (χ4v) is 4.58. The fraction of sp³-hybridized carbons (Fsp3) is 0.941. The van der Waals surface area contributed by atoms with Crippen LogP contribution in [0.5, 0.6) is 0 Å². The van der Waals surface area contributed by atoms with Gasteiger partial charge in [0.25, 0.3) is 0 Å². The van der Waals surface area contributed by atoms with Crippen molar-refractivity contribution in [3.05, 3.63) is 0 Å². The quantitative estimate of drug-likeness (QED) is 0.783. The van der Waals surface area contributed by atoms with Crippen molar-refractivity contribution < 1.29 is 13.2 Å². The van der Waals surface area contributed by atoms with Crippen LogP contribution < -0.4 is 5.32 Å². The third-order valence-electron chi connectivity index (χ3n) is 5.90. The summed E-state index contributed by atoms with van der Waals surface area (Å²) in [5.41, 5.74) is -0.379. The van der Waals surface area contributed by atoms with Gasteiger partial charge in [-0.15, -0.1) is 0 Å². The normalized spacial score (nSPS) is 27.6. The third-order valence-corrected chi connectivity index (χ3v) is 7.20. The van der Waals surface area contributed by atoms with E-state index in [9.17, 15) is 13.2 Å². The second-order valence-electron chi connectivity index (χ2n) is 7.66. The Morgan fingerprint density at radius 2 is 1.79 bits per heavy atom. The van der Waals surface area contributed by atoms with Crippen LogP contribution in [0.25, 0.3) is 0 Å². The largest absolute Gasteiger partial charge is 0.323 e. The molecule has 0 radical (unpaired) electrons. The number of nitrogens with one attached hydrogen (secondary N) is 1. The van der Waals surface area contributed by atoms with Gasteiger partial charge in [-0.1, -0.05) is 40.5 Å². The maximum absolute atomic E-state index is 13.0. The van der Waals surface area contributed by atoms with Gasteiger partial charge in [0.15, 0.2) is 0 Å². The van der Waals surface area contributed by atoms with E-state index in [-0.39, 0.29) is 23.5 Å². The summed E-state index contributed by atoms with van der Waals surface area (Å²) in [5.74, 6) is 0.915. The van der Waals surface area contributed by atoms with E-state index in [2.05, 4.69) is 33.0 Å². The summed E-state index contributed by atoms with van der Waals surface area (Å²) < 4.78 is 25.1. The summed E-state index contributed by atoms with van der Waals surface area (Å²) in [5, 5.41) is 3.61. The molecule has 0 bridgehead atoms. The van der Waals surface area contributed by atoms with Crippen molar-refractivity contribution in [3.63, 3.8) is 0 Å². The first-order valence-electron chi connectivity index (χ1n) is 9.19. The molecule has 2 aliphatic heterocycles. The number of piperidine rings is 1. The molecule has 0 saturated carbocycles. The minimum absolute atomic E-state index is 0.149. The molecule has 3 atom stereocenters. The van der Waals surface area contributed by atoms with Crippen LogP contribution in [-0.2, 0) is 14.8 Å². The molecular formula is C17H33N3O3S. The van der Waals surface area contributed by atoms with Gasteiger partial charge in [0, 0.05) is 19.6 Å². The fourth-order valence-electron chi connectivity index (χ4n) is 3.74. The molecule has 1 amide bonds. The van der Waals surface area contributed by atoms with Gasteiger partial charge in [0.2, 0.25) is 15.9 Å². The topological polar surface area (TPSA) is 69.7 Å². The molecule has 0 aromatic carbocycles. The van der Waals surface area contributed by atoms with E-state index in [4.69, 9.17) is 0 Å². The average molecular weight is 360 g/mol. The van der Waals surface area contributed by atoms with Crippen molar-refractivity contribution >= 4 is 15.9 Å². The third kappa shape index (κ3) is 3.78. The zero-order valence-corrected chi connectivity index (χ0v) is 16.5. The van der Waals surface area contributed by atoms with Crippen LogP contribution >= 0.6 is 0 Å². The van der Waals surface area contributed by atoms with Gasteiger partial charge in [-0.05, 0) is 24.7 Å². The van der Waals surface area contributed by atoms with Gasteiger partial charge in [-0.2, -0.15) is 0 Å². The minimum atomic E-state index is -3.16. The molecule has 2 rings (SSSR count). The van der Waals surface area contributed by atoms with Crippen LogP contribution in [0.1, 0.15) is 53.4 Å². The average Bonchev–Trinajstić information content (AvgIpc) is 2.79. The molecule has 24 heavy (non-hydrogen) atoms. The Balaban J connectivity index is 2.23. The van der Waals surface area contributed by atoms with Crippen molar-refractivity contribution in [1.82, 2.24) is 14.5 Å². The van der Waals surface area contributed by atoms with Crippen molar-refractivity contribution in [2.75, 3.05) is 25.9 Å². The Morgan fingerprint density at radius 1 is 1.21 bits per heavy atom. The lowest BCUT2D eigenvalue weighted by Crippen LogP contribution is -2.60. The maximum Gasteiger partial charge on any atom is 0.241 e. The molecule has 0 aliphatic carbocycles. The Labute approximate surface area is 147 Å². The maximum atomic E-state index is 13.0. The molecule has 7 heteroatoms. The summed E-state index contributed by atoms with van der Waals surface area (Å²) in [6.45, 7) is 10.2. The summed E-state index contributed by atoms with van der Waals surface area (Å²) in [6.07, 6.45) is 4.57. The predicted octanol–water partition coefficient (Wildman–Crippen LogP) is 1.63. The molecule has 0 aromatic rings. The Bertz CT molecular complexity index is 555. The van der Waals surface area contributed by atoms with E-state index in [1.54, 1.807) is 0 Å². The Kier molecular flexibility index (Phi) is 5.98. The highest BCUT2D eigenvalue weighted by Gasteiger charge is 2.53. The van der Waals surface area contributed by atoms with Gasteiger partial charge >= 0.3 is 0 Å². The van der Waals surface area contributed by atoms with E-state index in [1.165, 1.54) is 10.6 Å². The van der Waals surface area contributed by atoms with Crippen molar-refractivity contribution in [2.24, 2.45) is 11.8 Å². The molecule has 1 spiro atoms. The summed E-state index contributed by atoms with van der Waals surface area (Å²) in [6, 6.07) is -0.149. The first-order chi connectivity index (χ1) is 11.1. The van der Waals surface area contributed by atoms with Crippen LogP contribution in [0.4, 0.5) is 0 Å². The van der Waals surface area contributed by atoms with Crippen LogP contribution in [-0.4, -0.2) is 61.1 Å². The zero-order chi connectivity index (χ0) is 18.1. The number of rotatable bonds is 6. The van der Waals surface area contributed by atoms with E-state index in [1.807, 2.05) is 4.90 Å². The second-order valence-corrected chi connectivity index (χ2v) is 9.65. The molecule has 2 saturated heterocycles. The van der Waals surface area contributed by atoms with Crippen LogP contribution in [0.2, 0.25) is 0 Å². The molecular weight excluding hydrogens is 326 g/mol. The zero-order valence-electron chi connectivity index (χ0n) is 15.7. The number of nitrogens with zero attached hydrogens (tertiary/aromatic N) is 2. The molecule has 1 N–H and O–H groups in total. The van der Waals surface area contributed by atoms with E-state index < -0.39 is 10.0 Å². The van der Waals surface area contributed by atoms with Gasteiger partial charge in [-0.3, -0.25) is 10.1 Å². The number of amides is 1. The first kappa shape index (κ1) is 19.7. The van der Waals surface area contributed by atoms with Crippen LogP contribution in [0.15, 0.2) is 0 Å². The van der Waals surface area contributed by atoms with Crippen LogP contribution in [0.3, 0.4) is 0 Å². The molecule has 140 valence electrons. The highest BCUT2D eigenvalue weighted by molar-refractivity contribution is 7.88. The minimum Gasteiger partial charge on any atom is -0.323 e. The number of carbonyl (C=O) groups is 1. The molecule has 3 unspecified atom stereocenters. The first-order valence-corrected chi connectivity index (χ1v) is 11.0. The van der Waals surface area contributed by atoms with E-state index >= 15 is 0 Å². The summed E-state index contributed by atoms with van der Waals surface area (Å²) in [7, 11) is -3.16. The number of hydrogen-bond acceptors (Lipinski definition) is 4. The van der Waals surface area contributed by atoms with E-state index in [0.717, 1.165) is 19.4 Å². The molecule has 0 aromatic heterocycles. The summed E-state index contributed by atoms with van der Waals surface area (Å²) in [4.78, 5) is 15.1. The smallest absolute Gasteiger partial charge is 0.241 e. The van der Waals surface area contributed by atoms with Crippen molar-refractivity contribution in [3.8, 4) is 0 Å². The molecule has 2 aliphatic rings. The predicted molar refractivity (Wildman–Crippen MR) is 95.9 cm³/mol. The van der Waals surface area contributed by atoms with Gasteiger partial charge < -0.3 is 4.90 Å². The Hall–Kier alpha value is -0.660. The highest BCUT2D eigenvalue weighted by atomic mass is 32.2. The molecule has 6 nitrogen and oxygen atoms in total. The summed E-state index contributed by atoms with van der Waals surface area (Å²) >= 11 is 0. The Morgan fingerprint density at radius 3 is 2.25 bits per heavy atom. The lowest BCUT2D eigenvalue weighted by molar-refractivity contribution is -0.134. The van der Waals surface area contributed by atoms with Gasteiger partial charge in [0.1, 0.15) is 0 Å². The standard InChI is InChI=1S/C17H33N3O3S/c1-6-13(3)12-20-16(21)15(14(4)7-2)18-17(20)8-10-19(11-9-17)24(5,22)23/h13-15,18H,6-12H2,1-5H3. The van der Waals surface area contributed by atoms with Crippen LogP contribution in [0, 0.1) is 11.8 Å². The van der Waals surface area contributed by atoms with E-state index in [0.29, 0.717) is 31.8 Å². The molecule has 2 fully saturated rings. The van der Waals surface area contributed by atoms with Crippen molar-refractivity contribution in [1.29, 1.82) is 0 Å². The highest BCUT2D eigenvalue weighted by Crippen LogP contribution is 2.36. The molecule has 2 heterocycles. The lowest BCUT2D eigenvalue weighted by atomic mass is 9.95.